The van der Waals surface area contributed by atoms with Crippen LogP contribution in [0.25, 0.3) is 6.08 Å². The average molecular weight is 228 g/mol. The van der Waals surface area contributed by atoms with E-state index in [0.717, 1.165) is 16.8 Å². The topological polar surface area (TPSA) is 45.1 Å². The molecule has 0 aromatic heterocycles. The highest BCUT2D eigenvalue weighted by Crippen LogP contribution is 2.16. The van der Waals surface area contributed by atoms with Crippen LogP contribution in [-0.4, -0.2) is 26.5 Å². The minimum Gasteiger partial charge on any atom is -0.374 e. The summed E-state index contributed by atoms with van der Waals surface area (Å²) in [4.78, 5) is 0. The minimum absolute atomic E-state index is 0.439. The summed E-state index contributed by atoms with van der Waals surface area (Å²) >= 11 is 0. The fourth-order valence-electron chi connectivity index (χ4n) is 1.31. The van der Waals surface area contributed by atoms with Crippen LogP contribution >= 0.6 is 0 Å². The molecule has 3 nitrogen and oxygen atoms in total. The normalized spacial score (nSPS) is 9.00. The van der Waals surface area contributed by atoms with Gasteiger partial charge in [-0.2, -0.15) is 0 Å². The van der Waals surface area contributed by atoms with Crippen molar-refractivity contribution >= 4 is 18.0 Å². The Balaban J connectivity index is 2.68. The molecule has 1 aromatic carbocycles. The monoisotopic (exact) mass is 228 g/mol. The summed E-state index contributed by atoms with van der Waals surface area (Å²) in [7, 11) is 1.61. The first-order valence-corrected chi connectivity index (χ1v) is 5.27. The molecule has 0 radical (unpaired) electrons. The van der Waals surface area contributed by atoms with Crippen molar-refractivity contribution in [3.63, 3.8) is 0 Å². The molecular formula is C14H16N2O. The van der Waals surface area contributed by atoms with Crippen LogP contribution in [0.1, 0.15) is 11.1 Å². The van der Waals surface area contributed by atoms with E-state index in [1.165, 1.54) is 6.21 Å². The molecule has 0 unspecified atom stereocenters. The van der Waals surface area contributed by atoms with E-state index in [1.54, 1.807) is 13.2 Å². The van der Waals surface area contributed by atoms with Crippen molar-refractivity contribution in [2.45, 2.75) is 0 Å². The molecule has 0 saturated carbocycles. The zero-order chi connectivity index (χ0) is 12.5. The predicted molar refractivity (Wildman–Crippen MR) is 72.6 cm³/mol. The van der Waals surface area contributed by atoms with Crippen molar-refractivity contribution in [1.29, 1.82) is 5.41 Å². The number of anilines is 1. The summed E-state index contributed by atoms with van der Waals surface area (Å²) in [6, 6.07) is 5.78. The van der Waals surface area contributed by atoms with Gasteiger partial charge in [0.2, 0.25) is 0 Å². The highest BCUT2D eigenvalue weighted by molar-refractivity contribution is 5.87. The Bertz CT molecular complexity index is 455. The Morgan fingerprint density at radius 1 is 1.47 bits per heavy atom. The van der Waals surface area contributed by atoms with Crippen LogP contribution in [0.3, 0.4) is 0 Å². The molecule has 0 spiro atoms. The lowest BCUT2D eigenvalue weighted by molar-refractivity contribution is 0.239. The van der Waals surface area contributed by atoms with E-state index in [9.17, 15) is 0 Å². The molecule has 1 aromatic rings. The van der Waals surface area contributed by atoms with Gasteiger partial charge in [-0.15, -0.1) is 0 Å². The second-order valence-corrected chi connectivity index (χ2v) is 3.34. The van der Waals surface area contributed by atoms with Crippen molar-refractivity contribution in [1.82, 2.24) is 0 Å². The van der Waals surface area contributed by atoms with Gasteiger partial charge in [0.1, 0.15) is 6.61 Å². The molecule has 0 fully saturated rings. The number of methoxy groups -OCH3 is 1. The maximum Gasteiger partial charge on any atom is 0.107 e. The number of hydrogen-bond donors (Lipinski definition) is 2. The first-order valence-electron chi connectivity index (χ1n) is 5.27. The fraction of sp³-hybridized carbons (Fsp3) is 0.214. The first-order chi connectivity index (χ1) is 8.31. The predicted octanol–water partition coefficient (Wildman–Crippen LogP) is 2.39. The molecule has 1 rings (SSSR count). The molecule has 88 valence electrons. The molecule has 0 aliphatic rings. The van der Waals surface area contributed by atoms with Crippen LogP contribution in [0.5, 0.6) is 0 Å². The molecule has 0 atom stereocenters. The third kappa shape index (κ3) is 4.13. The molecule has 2 N–H and O–H groups in total. The Labute approximate surface area is 102 Å². The van der Waals surface area contributed by atoms with E-state index in [-0.39, 0.29) is 0 Å². The molecule has 0 bridgehead atoms. The highest BCUT2D eigenvalue weighted by Gasteiger charge is 1.98. The van der Waals surface area contributed by atoms with Crippen LogP contribution in [0.4, 0.5) is 5.69 Å². The molecule has 3 heteroatoms. The summed E-state index contributed by atoms with van der Waals surface area (Å²) < 4.78 is 4.82. The number of rotatable bonds is 5. The summed E-state index contributed by atoms with van der Waals surface area (Å²) in [6.45, 7) is 4.68. The van der Waals surface area contributed by atoms with E-state index in [2.05, 4.69) is 23.7 Å². The van der Waals surface area contributed by atoms with E-state index in [4.69, 9.17) is 10.1 Å². The van der Waals surface area contributed by atoms with Crippen molar-refractivity contribution in [2.24, 2.45) is 0 Å². The van der Waals surface area contributed by atoms with E-state index >= 15 is 0 Å². The van der Waals surface area contributed by atoms with Crippen molar-refractivity contribution < 1.29 is 4.74 Å². The van der Waals surface area contributed by atoms with Crippen LogP contribution in [0.2, 0.25) is 0 Å². The van der Waals surface area contributed by atoms with Gasteiger partial charge in [-0.05, 0) is 17.7 Å². The van der Waals surface area contributed by atoms with Gasteiger partial charge in [0, 0.05) is 24.6 Å². The van der Waals surface area contributed by atoms with Gasteiger partial charge in [-0.1, -0.05) is 30.6 Å². The Kier molecular flexibility index (Phi) is 5.56. The van der Waals surface area contributed by atoms with Gasteiger partial charge in [-0.25, -0.2) is 0 Å². The second-order valence-electron chi connectivity index (χ2n) is 3.34. The third-order valence-corrected chi connectivity index (χ3v) is 2.18. The Morgan fingerprint density at radius 3 is 2.94 bits per heavy atom. The Morgan fingerprint density at radius 2 is 2.29 bits per heavy atom. The van der Waals surface area contributed by atoms with Crippen molar-refractivity contribution in [3.05, 3.63) is 35.9 Å². The average Bonchev–Trinajstić information content (AvgIpc) is 2.38. The molecule has 0 aliphatic carbocycles. The van der Waals surface area contributed by atoms with Gasteiger partial charge in [0.05, 0.1) is 6.54 Å². The van der Waals surface area contributed by atoms with Gasteiger partial charge in [0.25, 0.3) is 0 Å². The quantitative estimate of drug-likeness (QED) is 0.600. The second kappa shape index (κ2) is 7.26. The van der Waals surface area contributed by atoms with E-state index in [1.807, 2.05) is 18.2 Å². The van der Waals surface area contributed by atoms with Gasteiger partial charge in [-0.3, -0.25) is 0 Å². The summed E-state index contributed by atoms with van der Waals surface area (Å²) in [5, 5.41) is 10.5. The number of benzene rings is 1. The van der Waals surface area contributed by atoms with Crippen LogP contribution in [0.15, 0.2) is 24.8 Å². The fourth-order valence-corrected chi connectivity index (χ4v) is 1.31. The van der Waals surface area contributed by atoms with Crippen molar-refractivity contribution in [3.8, 4) is 11.8 Å². The number of hydrogen-bond acceptors (Lipinski definition) is 3. The molecular weight excluding hydrogens is 212 g/mol. The number of ether oxygens (including phenoxy) is 1. The minimum atomic E-state index is 0.439. The maximum atomic E-state index is 7.35. The van der Waals surface area contributed by atoms with Gasteiger partial charge >= 0.3 is 0 Å². The van der Waals surface area contributed by atoms with E-state index in [0.29, 0.717) is 13.2 Å². The van der Waals surface area contributed by atoms with Crippen LogP contribution in [0, 0.1) is 17.3 Å². The number of nitrogens with one attached hydrogen (secondary N) is 2. The zero-order valence-electron chi connectivity index (χ0n) is 9.92. The lowest BCUT2D eigenvalue weighted by atomic mass is 10.1. The lowest BCUT2D eigenvalue weighted by Crippen LogP contribution is -2.02. The standard InChI is InChI=1S/C14H16N2O/c1-3-12-6-7-14(13(10-12)11-15)16-8-4-5-9-17-2/h3,6-7,10-11,15-16H,1,8-9H2,2H3. The van der Waals surface area contributed by atoms with Crippen molar-refractivity contribution in [2.75, 3.05) is 25.6 Å². The largest absolute Gasteiger partial charge is 0.374 e. The third-order valence-electron chi connectivity index (χ3n) is 2.18. The zero-order valence-corrected chi connectivity index (χ0v) is 9.92. The Hall–Kier alpha value is -2.05. The van der Waals surface area contributed by atoms with Crippen LogP contribution in [-0.2, 0) is 4.74 Å². The molecule has 0 saturated heterocycles. The lowest BCUT2D eigenvalue weighted by Gasteiger charge is -2.07. The summed E-state index contributed by atoms with van der Waals surface area (Å²) in [5.74, 6) is 5.79. The highest BCUT2D eigenvalue weighted by atomic mass is 16.5. The maximum absolute atomic E-state index is 7.35. The molecule has 0 aliphatic heterocycles. The SMILES string of the molecule is C=Cc1ccc(NCC#CCOC)c(C=N)c1. The van der Waals surface area contributed by atoms with Gasteiger partial charge in [0.15, 0.2) is 0 Å². The molecule has 17 heavy (non-hydrogen) atoms. The van der Waals surface area contributed by atoms with Gasteiger partial charge < -0.3 is 15.5 Å². The first kappa shape index (κ1) is 13.0. The molecule has 0 amide bonds. The summed E-state index contributed by atoms with van der Waals surface area (Å²) in [6.07, 6.45) is 3.08. The summed E-state index contributed by atoms with van der Waals surface area (Å²) in [5.41, 5.74) is 2.73. The molecule has 0 heterocycles. The van der Waals surface area contributed by atoms with E-state index < -0.39 is 0 Å². The smallest absolute Gasteiger partial charge is 0.107 e. The van der Waals surface area contributed by atoms with Crippen LogP contribution < -0.4 is 5.32 Å².